The molecule has 0 fully saturated rings. The van der Waals surface area contributed by atoms with E-state index in [4.69, 9.17) is 14.2 Å². The second kappa shape index (κ2) is 8.12. The van der Waals surface area contributed by atoms with E-state index in [2.05, 4.69) is 12.6 Å². The highest BCUT2D eigenvalue weighted by molar-refractivity contribution is 7.80. The highest BCUT2D eigenvalue weighted by Crippen LogP contribution is 2.27. The van der Waals surface area contributed by atoms with E-state index in [0.29, 0.717) is 6.61 Å². The minimum Gasteiger partial charge on any atom is -0.496 e. The van der Waals surface area contributed by atoms with E-state index in [0.717, 1.165) is 42.3 Å². The summed E-state index contributed by atoms with van der Waals surface area (Å²) >= 11 is 4.17. The van der Waals surface area contributed by atoms with E-state index in [1.807, 2.05) is 18.2 Å². The molecule has 1 aromatic rings. The van der Waals surface area contributed by atoms with E-state index < -0.39 is 0 Å². The number of methoxy groups -OCH3 is 2. The topological polar surface area (TPSA) is 27.7 Å². The predicted molar refractivity (Wildman–Crippen MR) is 72.7 cm³/mol. The summed E-state index contributed by atoms with van der Waals surface area (Å²) < 4.78 is 16.0. The Morgan fingerprint density at radius 2 is 1.47 bits per heavy atom. The zero-order valence-electron chi connectivity index (χ0n) is 10.4. The van der Waals surface area contributed by atoms with Gasteiger partial charge in [0.2, 0.25) is 0 Å². The van der Waals surface area contributed by atoms with Crippen molar-refractivity contribution < 1.29 is 14.2 Å². The Bertz CT molecular complexity index is 306. The Hall–Kier alpha value is -1.03. The molecule has 0 N–H and O–H groups in total. The van der Waals surface area contributed by atoms with Gasteiger partial charge in [-0.05, 0) is 25.0 Å². The lowest BCUT2D eigenvalue weighted by molar-refractivity contribution is 0.301. The van der Waals surface area contributed by atoms with Gasteiger partial charge in [-0.2, -0.15) is 12.6 Å². The molecule has 1 rings (SSSR count). The molecule has 17 heavy (non-hydrogen) atoms. The van der Waals surface area contributed by atoms with Crippen molar-refractivity contribution in [3.8, 4) is 17.2 Å². The van der Waals surface area contributed by atoms with Gasteiger partial charge in [-0.1, -0.05) is 0 Å². The maximum atomic E-state index is 5.65. The van der Waals surface area contributed by atoms with Crippen LogP contribution in [0.3, 0.4) is 0 Å². The van der Waals surface area contributed by atoms with E-state index in [-0.39, 0.29) is 0 Å². The molecule has 0 atom stereocenters. The molecule has 0 amide bonds. The SMILES string of the molecule is COc1cc(OC)cc(OCCCCCS)c1. The normalized spacial score (nSPS) is 10.1. The minimum absolute atomic E-state index is 0.712. The molecule has 0 aliphatic carbocycles. The fourth-order valence-corrected chi connectivity index (χ4v) is 1.67. The van der Waals surface area contributed by atoms with Crippen LogP contribution in [0, 0.1) is 0 Å². The first kappa shape index (κ1) is 14.0. The number of hydrogen-bond donors (Lipinski definition) is 1. The molecule has 0 spiro atoms. The predicted octanol–water partition coefficient (Wildman–Crippen LogP) is 3.18. The zero-order chi connectivity index (χ0) is 12.5. The van der Waals surface area contributed by atoms with Crippen molar-refractivity contribution in [2.45, 2.75) is 19.3 Å². The van der Waals surface area contributed by atoms with Gasteiger partial charge in [-0.15, -0.1) is 0 Å². The molecule has 0 bridgehead atoms. The summed E-state index contributed by atoms with van der Waals surface area (Å²) in [5.74, 6) is 3.21. The van der Waals surface area contributed by atoms with Crippen molar-refractivity contribution in [3.05, 3.63) is 18.2 Å². The van der Waals surface area contributed by atoms with E-state index in [9.17, 15) is 0 Å². The van der Waals surface area contributed by atoms with E-state index in [1.54, 1.807) is 14.2 Å². The molecule has 0 aliphatic heterocycles. The van der Waals surface area contributed by atoms with Gasteiger partial charge >= 0.3 is 0 Å². The average molecular weight is 256 g/mol. The fraction of sp³-hybridized carbons (Fsp3) is 0.538. The third-order valence-electron chi connectivity index (χ3n) is 2.40. The van der Waals surface area contributed by atoms with Crippen molar-refractivity contribution in [3.63, 3.8) is 0 Å². The van der Waals surface area contributed by atoms with Crippen molar-refractivity contribution in [2.75, 3.05) is 26.6 Å². The summed E-state index contributed by atoms with van der Waals surface area (Å²) in [6, 6.07) is 5.55. The number of hydrogen-bond acceptors (Lipinski definition) is 4. The van der Waals surface area contributed by atoms with Gasteiger partial charge in [0.15, 0.2) is 0 Å². The molecule has 0 saturated carbocycles. The first-order valence-corrected chi connectivity index (χ1v) is 6.40. The molecule has 3 nitrogen and oxygen atoms in total. The number of unbranched alkanes of at least 4 members (excludes halogenated alkanes) is 2. The van der Waals surface area contributed by atoms with Crippen LogP contribution in [0.25, 0.3) is 0 Å². The van der Waals surface area contributed by atoms with Crippen LogP contribution in [0.4, 0.5) is 0 Å². The number of ether oxygens (including phenoxy) is 3. The maximum absolute atomic E-state index is 5.65. The summed E-state index contributed by atoms with van der Waals surface area (Å²) in [5.41, 5.74) is 0. The Kier molecular flexibility index (Phi) is 6.70. The summed E-state index contributed by atoms with van der Waals surface area (Å²) in [7, 11) is 3.26. The van der Waals surface area contributed by atoms with Gasteiger partial charge in [-0.3, -0.25) is 0 Å². The third-order valence-corrected chi connectivity index (χ3v) is 2.71. The highest BCUT2D eigenvalue weighted by atomic mass is 32.1. The molecular weight excluding hydrogens is 236 g/mol. The summed E-state index contributed by atoms with van der Waals surface area (Å²) in [5, 5.41) is 0. The zero-order valence-corrected chi connectivity index (χ0v) is 11.3. The maximum Gasteiger partial charge on any atom is 0.126 e. The first-order valence-electron chi connectivity index (χ1n) is 5.77. The summed E-state index contributed by atoms with van der Waals surface area (Å²) in [6.45, 7) is 0.712. The van der Waals surface area contributed by atoms with E-state index in [1.165, 1.54) is 0 Å². The molecule has 96 valence electrons. The van der Waals surface area contributed by atoms with Crippen LogP contribution in [0.5, 0.6) is 17.2 Å². The largest absolute Gasteiger partial charge is 0.496 e. The average Bonchev–Trinajstić information content (AvgIpc) is 2.38. The lowest BCUT2D eigenvalue weighted by Crippen LogP contribution is -1.98. The summed E-state index contributed by atoms with van der Waals surface area (Å²) in [4.78, 5) is 0. The van der Waals surface area contributed by atoms with Gasteiger partial charge in [0.05, 0.1) is 20.8 Å². The van der Waals surface area contributed by atoms with Crippen LogP contribution in [0.15, 0.2) is 18.2 Å². The molecule has 0 unspecified atom stereocenters. The molecule has 0 radical (unpaired) electrons. The lowest BCUT2D eigenvalue weighted by atomic mass is 10.2. The molecule has 0 heterocycles. The van der Waals surface area contributed by atoms with Crippen LogP contribution in [0.1, 0.15) is 19.3 Å². The highest BCUT2D eigenvalue weighted by Gasteiger charge is 2.02. The van der Waals surface area contributed by atoms with Crippen molar-refractivity contribution in [1.29, 1.82) is 0 Å². The molecule has 0 aromatic heterocycles. The van der Waals surface area contributed by atoms with Gasteiger partial charge < -0.3 is 14.2 Å². The lowest BCUT2D eigenvalue weighted by Gasteiger charge is -2.10. The van der Waals surface area contributed by atoms with Crippen LogP contribution in [0.2, 0.25) is 0 Å². The third kappa shape index (κ3) is 5.22. The number of benzene rings is 1. The molecular formula is C13H20O3S. The van der Waals surface area contributed by atoms with Crippen molar-refractivity contribution in [2.24, 2.45) is 0 Å². The van der Waals surface area contributed by atoms with Gasteiger partial charge in [0, 0.05) is 18.2 Å². The Morgan fingerprint density at radius 3 is 2.00 bits per heavy atom. The first-order chi connectivity index (χ1) is 8.30. The van der Waals surface area contributed by atoms with E-state index >= 15 is 0 Å². The second-order valence-electron chi connectivity index (χ2n) is 3.68. The van der Waals surface area contributed by atoms with Crippen molar-refractivity contribution in [1.82, 2.24) is 0 Å². The summed E-state index contributed by atoms with van der Waals surface area (Å²) in [6.07, 6.45) is 3.32. The number of thiol groups is 1. The Morgan fingerprint density at radius 1 is 0.882 bits per heavy atom. The molecule has 0 saturated heterocycles. The smallest absolute Gasteiger partial charge is 0.126 e. The standard InChI is InChI=1S/C13H20O3S/c1-14-11-8-12(15-2)10-13(9-11)16-6-4-3-5-7-17/h8-10,17H,3-7H2,1-2H3. The van der Waals surface area contributed by atoms with Gasteiger partial charge in [0.25, 0.3) is 0 Å². The molecule has 4 heteroatoms. The van der Waals surface area contributed by atoms with Crippen LogP contribution in [-0.2, 0) is 0 Å². The Labute approximate surface area is 108 Å². The quantitative estimate of drug-likeness (QED) is 0.572. The minimum atomic E-state index is 0.712. The molecule has 0 aliphatic rings. The molecule has 1 aromatic carbocycles. The number of rotatable bonds is 8. The second-order valence-corrected chi connectivity index (χ2v) is 4.13. The fourth-order valence-electron chi connectivity index (χ4n) is 1.45. The van der Waals surface area contributed by atoms with Crippen molar-refractivity contribution >= 4 is 12.6 Å². The monoisotopic (exact) mass is 256 g/mol. The van der Waals surface area contributed by atoms with Crippen LogP contribution in [-0.4, -0.2) is 26.6 Å². The Balaban J connectivity index is 2.46. The van der Waals surface area contributed by atoms with Gasteiger partial charge in [-0.25, -0.2) is 0 Å². The van der Waals surface area contributed by atoms with Gasteiger partial charge in [0.1, 0.15) is 17.2 Å². The van der Waals surface area contributed by atoms with Crippen LogP contribution < -0.4 is 14.2 Å². The van der Waals surface area contributed by atoms with Crippen LogP contribution >= 0.6 is 12.6 Å².